The number of hydrogen-bond acceptors (Lipinski definition) is 4. The van der Waals surface area contributed by atoms with Crippen LogP contribution < -0.4 is 14.9 Å². The molecule has 0 radical (unpaired) electrons. The van der Waals surface area contributed by atoms with Crippen LogP contribution in [-0.2, 0) is 4.79 Å². The van der Waals surface area contributed by atoms with Crippen molar-refractivity contribution in [1.82, 2.24) is 5.43 Å². The van der Waals surface area contributed by atoms with E-state index in [2.05, 4.69) is 17.5 Å². The minimum Gasteiger partial charge on any atom is -0.493 e. The highest BCUT2D eigenvalue weighted by atomic mass is 35.5. The summed E-state index contributed by atoms with van der Waals surface area (Å²) in [7, 11) is 0. The summed E-state index contributed by atoms with van der Waals surface area (Å²) in [6.45, 7) is 2.61. The number of nitrogens with one attached hydrogen (secondary N) is 1. The fourth-order valence-electron chi connectivity index (χ4n) is 2.74. The van der Waals surface area contributed by atoms with E-state index in [-0.39, 0.29) is 12.5 Å². The quantitative estimate of drug-likeness (QED) is 0.299. The molecule has 5 nitrogen and oxygen atoms in total. The van der Waals surface area contributed by atoms with Crippen molar-refractivity contribution < 1.29 is 14.3 Å². The maximum absolute atomic E-state index is 12.0. The minimum absolute atomic E-state index is 0.144. The molecule has 0 unspecified atom stereocenters. The molecular formula is C23H23ClN2O3. The Morgan fingerprint density at radius 1 is 1.07 bits per heavy atom. The molecular weight excluding hydrogens is 388 g/mol. The van der Waals surface area contributed by atoms with Gasteiger partial charge in [-0.15, -0.1) is 0 Å². The van der Waals surface area contributed by atoms with E-state index in [0.29, 0.717) is 17.4 Å². The first kappa shape index (κ1) is 20.7. The van der Waals surface area contributed by atoms with Crippen molar-refractivity contribution in [2.24, 2.45) is 5.10 Å². The van der Waals surface area contributed by atoms with E-state index in [1.165, 1.54) is 0 Å². The van der Waals surface area contributed by atoms with Gasteiger partial charge in [0.25, 0.3) is 5.91 Å². The van der Waals surface area contributed by atoms with Gasteiger partial charge in [0.1, 0.15) is 11.5 Å². The Morgan fingerprint density at radius 3 is 2.66 bits per heavy atom. The first-order chi connectivity index (χ1) is 14.2. The second-order valence-corrected chi connectivity index (χ2v) is 6.87. The molecule has 0 aliphatic carbocycles. The molecule has 0 aromatic heterocycles. The minimum atomic E-state index is -0.357. The number of rotatable bonds is 9. The van der Waals surface area contributed by atoms with Gasteiger partial charge in [-0.25, -0.2) is 5.43 Å². The van der Waals surface area contributed by atoms with Gasteiger partial charge >= 0.3 is 0 Å². The van der Waals surface area contributed by atoms with Gasteiger partial charge in [0, 0.05) is 10.6 Å². The second-order valence-electron chi connectivity index (χ2n) is 6.44. The topological polar surface area (TPSA) is 59.9 Å². The normalized spacial score (nSPS) is 11.0. The summed E-state index contributed by atoms with van der Waals surface area (Å²) in [5.74, 6) is 0.951. The zero-order chi connectivity index (χ0) is 20.5. The predicted molar refractivity (Wildman–Crippen MR) is 117 cm³/mol. The zero-order valence-electron chi connectivity index (χ0n) is 16.2. The Hall–Kier alpha value is -3.05. The average molecular weight is 411 g/mol. The molecule has 0 aliphatic rings. The number of ether oxygens (including phenoxy) is 2. The van der Waals surface area contributed by atoms with Crippen molar-refractivity contribution in [3.8, 4) is 11.5 Å². The number of hydrogen-bond donors (Lipinski definition) is 1. The average Bonchev–Trinajstić information content (AvgIpc) is 2.74. The van der Waals surface area contributed by atoms with Crippen LogP contribution in [0.5, 0.6) is 11.5 Å². The van der Waals surface area contributed by atoms with Gasteiger partial charge in [-0.05, 0) is 47.5 Å². The highest BCUT2D eigenvalue weighted by Gasteiger charge is 2.08. The molecule has 0 fully saturated rings. The monoisotopic (exact) mass is 410 g/mol. The molecule has 150 valence electrons. The summed E-state index contributed by atoms with van der Waals surface area (Å²) >= 11 is 5.83. The van der Waals surface area contributed by atoms with Crippen molar-refractivity contribution in [2.75, 3.05) is 13.2 Å². The summed E-state index contributed by atoms with van der Waals surface area (Å²) in [5.41, 5.74) is 3.33. The molecule has 1 N–H and O–H groups in total. The maximum Gasteiger partial charge on any atom is 0.277 e. The van der Waals surface area contributed by atoms with Gasteiger partial charge in [0.15, 0.2) is 6.61 Å². The van der Waals surface area contributed by atoms with Gasteiger partial charge in [0.05, 0.1) is 12.8 Å². The lowest BCUT2D eigenvalue weighted by molar-refractivity contribution is -0.123. The lowest BCUT2D eigenvalue weighted by atomic mass is 10.0. The van der Waals surface area contributed by atoms with Crippen LogP contribution in [0.1, 0.15) is 25.3 Å². The molecule has 3 aromatic rings. The highest BCUT2D eigenvalue weighted by Crippen LogP contribution is 2.27. The molecule has 0 heterocycles. The van der Waals surface area contributed by atoms with Crippen LogP contribution >= 0.6 is 11.6 Å². The number of carbonyl (C=O) groups excluding carboxylic acids is 1. The lowest BCUT2D eigenvalue weighted by Crippen LogP contribution is -2.24. The molecule has 0 aliphatic heterocycles. The number of fused-ring (bicyclic) bond motifs is 1. The summed E-state index contributed by atoms with van der Waals surface area (Å²) in [6, 6.07) is 18.8. The molecule has 0 spiro atoms. The van der Waals surface area contributed by atoms with Crippen molar-refractivity contribution in [3.05, 3.63) is 71.2 Å². The number of nitrogens with zero attached hydrogens (tertiary/aromatic N) is 1. The molecule has 0 saturated carbocycles. The maximum atomic E-state index is 12.0. The number of amides is 1. The SMILES string of the molecule is CCCCOc1ccc2ccccc2c1/C=N\NC(=O)COc1ccc(Cl)cc1. The first-order valence-corrected chi connectivity index (χ1v) is 9.90. The van der Waals surface area contributed by atoms with Gasteiger partial charge in [-0.1, -0.05) is 55.3 Å². The zero-order valence-corrected chi connectivity index (χ0v) is 17.0. The van der Waals surface area contributed by atoms with Crippen LogP contribution in [0.3, 0.4) is 0 Å². The molecule has 0 saturated heterocycles. The van der Waals surface area contributed by atoms with Crippen molar-refractivity contribution >= 4 is 34.5 Å². The smallest absolute Gasteiger partial charge is 0.277 e. The van der Waals surface area contributed by atoms with Gasteiger partial charge in [-0.2, -0.15) is 5.10 Å². The second kappa shape index (κ2) is 10.5. The molecule has 3 rings (SSSR count). The standard InChI is InChI=1S/C23H23ClN2O3/c1-2-3-14-28-22-13-8-17-6-4-5-7-20(17)21(22)15-25-26-23(27)16-29-19-11-9-18(24)10-12-19/h4-13,15H,2-3,14,16H2,1H3,(H,26,27)/b25-15-. The molecule has 0 atom stereocenters. The first-order valence-electron chi connectivity index (χ1n) is 9.52. The number of carbonyl (C=O) groups is 1. The predicted octanol–water partition coefficient (Wildman–Crippen LogP) is 5.20. The molecule has 6 heteroatoms. The van der Waals surface area contributed by atoms with E-state index < -0.39 is 0 Å². The van der Waals surface area contributed by atoms with Crippen molar-refractivity contribution in [2.45, 2.75) is 19.8 Å². The third-order valence-electron chi connectivity index (χ3n) is 4.25. The van der Waals surface area contributed by atoms with Crippen LogP contribution in [0, 0.1) is 0 Å². The third-order valence-corrected chi connectivity index (χ3v) is 4.50. The van der Waals surface area contributed by atoms with Crippen LogP contribution in [-0.4, -0.2) is 25.3 Å². The van der Waals surface area contributed by atoms with Gasteiger partial charge in [-0.3, -0.25) is 4.79 Å². The van der Waals surface area contributed by atoms with Crippen LogP contribution in [0.15, 0.2) is 65.8 Å². The summed E-state index contributed by atoms with van der Waals surface area (Å²) in [5, 5.41) is 6.80. The Kier molecular flexibility index (Phi) is 7.47. The van der Waals surface area contributed by atoms with E-state index in [9.17, 15) is 4.79 Å². The van der Waals surface area contributed by atoms with E-state index in [4.69, 9.17) is 21.1 Å². The van der Waals surface area contributed by atoms with Gasteiger partial charge < -0.3 is 9.47 Å². The Labute approximate surface area is 175 Å². The van der Waals surface area contributed by atoms with Crippen molar-refractivity contribution in [1.29, 1.82) is 0 Å². The van der Waals surface area contributed by atoms with E-state index in [1.54, 1.807) is 30.5 Å². The largest absolute Gasteiger partial charge is 0.493 e. The molecule has 1 amide bonds. The molecule has 29 heavy (non-hydrogen) atoms. The lowest BCUT2D eigenvalue weighted by Gasteiger charge is -2.11. The summed E-state index contributed by atoms with van der Waals surface area (Å²) in [4.78, 5) is 12.0. The number of unbranched alkanes of at least 4 members (excludes halogenated alkanes) is 1. The van der Waals surface area contributed by atoms with Crippen molar-refractivity contribution in [3.63, 3.8) is 0 Å². The Balaban J connectivity index is 1.67. The van der Waals surface area contributed by atoms with E-state index >= 15 is 0 Å². The number of hydrazone groups is 1. The molecule has 3 aromatic carbocycles. The Morgan fingerprint density at radius 2 is 1.86 bits per heavy atom. The number of benzene rings is 3. The van der Waals surface area contributed by atoms with Crippen LogP contribution in [0.2, 0.25) is 5.02 Å². The fraction of sp³-hybridized carbons (Fsp3) is 0.217. The highest BCUT2D eigenvalue weighted by molar-refractivity contribution is 6.30. The number of halogens is 1. The van der Waals surface area contributed by atoms with E-state index in [0.717, 1.165) is 34.9 Å². The Bertz CT molecular complexity index is 987. The van der Waals surface area contributed by atoms with E-state index in [1.807, 2.05) is 36.4 Å². The van der Waals surface area contributed by atoms with Crippen LogP contribution in [0.4, 0.5) is 0 Å². The summed E-state index contributed by atoms with van der Waals surface area (Å²) < 4.78 is 11.3. The van der Waals surface area contributed by atoms with Crippen LogP contribution in [0.25, 0.3) is 10.8 Å². The summed E-state index contributed by atoms with van der Waals surface area (Å²) in [6.07, 6.45) is 3.65. The third kappa shape index (κ3) is 5.96. The fourth-order valence-corrected chi connectivity index (χ4v) is 2.87. The molecule has 0 bridgehead atoms. The van der Waals surface area contributed by atoms with Gasteiger partial charge in [0.2, 0.25) is 0 Å².